The Bertz CT molecular complexity index is 515. The van der Waals surface area contributed by atoms with E-state index in [1.54, 1.807) is 6.20 Å². The average Bonchev–Trinajstić information content (AvgIpc) is 2.93. The van der Waals surface area contributed by atoms with Gasteiger partial charge in [0, 0.05) is 25.0 Å². The van der Waals surface area contributed by atoms with Crippen LogP contribution in [0.1, 0.15) is 18.5 Å². The van der Waals surface area contributed by atoms with E-state index < -0.39 is 0 Å². The normalized spacial score (nSPS) is 15.2. The number of nitrogens with one attached hydrogen (secondary N) is 1. The van der Waals surface area contributed by atoms with Gasteiger partial charge in [-0.3, -0.25) is 9.36 Å². The summed E-state index contributed by atoms with van der Waals surface area (Å²) < 4.78 is 4.74. The van der Waals surface area contributed by atoms with Crippen LogP contribution >= 0.6 is 15.9 Å². The van der Waals surface area contributed by atoms with Gasteiger partial charge in [0.1, 0.15) is 0 Å². The van der Waals surface area contributed by atoms with E-state index >= 15 is 0 Å². The molecule has 1 fully saturated rings. The van der Waals surface area contributed by atoms with Gasteiger partial charge < -0.3 is 5.32 Å². The number of nitrogens with zero attached hydrogens (tertiary/aromatic N) is 5. The standard InChI is InChI=1S/C11H15BrN6/c12-9-5-14-17(7-9)3-4-18-8-11(15-16-18)6-13-10-1-2-10/h5,7-8,10,13H,1-4,6H2. The monoisotopic (exact) mass is 310 g/mol. The van der Waals surface area contributed by atoms with Crippen LogP contribution in [0.5, 0.6) is 0 Å². The molecule has 2 aromatic rings. The summed E-state index contributed by atoms with van der Waals surface area (Å²) >= 11 is 3.38. The van der Waals surface area contributed by atoms with E-state index in [0.717, 1.165) is 29.8 Å². The summed E-state index contributed by atoms with van der Waals surface area (Å²) in [6.45, 7) is 2.40. The summed E-state index contributed by atoms with van der Waals surface area (Å²) in [7, 11) is 0. The van der Waals surface area contributed by atoms with Gasteiger partial charge in [0.25, 0.3) is 0 Å². The largest absolute Gasteiger partial charge is 0.308 e. The van der Waals surface area contributed by atoms with Crippen LogP contribution < -0.4 is 5.32 Å². The first-order chi connectivity index (χ1) is 8.79. The highest BCUT2D eigenvalue weighted by Gasteiger charge is 2.20. The van der Waals surface area contributed by atoms with Crippen molar-refractivity contribution in [3.63, 3.8) is 0 Å². The number of aromatic nitrogens is 5. The summed E-state index contributed by atoms with van der Waals surface area (Å²) in [6, 6.07) is 0.705. The van der Waals surface area contributed by atoms with Crippen molar-refractivity contribution in [3.05, 3.63) is 28.8 Å². The van der Waals surface area contributed by atoms with Crippen LogP contribution in [0.15, 0.2) is 23.1 Å². The molecule has 0 unspecified atom stereocenters. The molecular formula is C11H15BrN6. The van der Waals surface area contributed by atoms with Crippen molar-refractivity contribution in [1.29, 1.82) is 0 Å². The van der Waals surface area contributed by atoms with Crippen LogP contribution in [0.25, 0.3) is 0 Å². The Labute approximate surface area is 113 Å². The number of hydrogen-bond acceptors (Lipinski definition) is 4. The molecule has 7 heteroatoms. The fraction of sp³-hybridized carbons (Fsp3) is 0.545. The number of rotatable bonds is 6. The second-order valence-corrected chi connectivity index (χ2v) is 5.47. The summed E-state index contributed by atoms with van der Waals surface area (Å²) in [4.78, 5) is 0. The molecule has 0 amide bonds. The molecule has 1 N–H and O–H groups in total. The van der Waals surface area contributed by atoms with Crippen LogP contribution in [-0.2, 0) is 19.6 Å². The van der Waals surface area contributed by atoms with E-state index in [0.29, 0.717) is 6.04 Å². The lowest BCUT2D eigenvalue weighted by atomic mass is 10.4. The third-order valence-electron chi connectivity index (χ3n) is 2.90. The van der Waals surface area contributed by atoms with Crippen molar-refractivity contribution < 1.29 is 0 Å². The Morgan fingerprint density at radius 3 is 2.83 bits per heavy atom. The highest BCUT2D eigenvalue weighted by molar-refractivity contribution is 9.10. The maximum absolute atomic E-state index is 4.20. The van der Waals surface area contributed by atoms with Crippen molar-refractivity contribution in [2.24, 2.45) is 0 Å². The third kappa shape index (κ3) is 3.17. The number of halogens is 1. The molecule has 0 saturated heterocycles. The predicted octanol–water partition coefficient (Wildman–Crippen LogP) is 1.19. The molecule has 0 bridgehead atoms. The van der Waals surface area contributed by atoms with Gasteiger partial charge in [0.05, 0.1) is 29.5 Å². The summed E-state index contributed by atoms with van der Waals surface area (Å²) in [5, 5.41) is 15.9. The first-order valence-corrected chi connectivity index (χ1v) is 6.89. The zero-order chi connectivity index (χ0) is 12.4. The van der Waals surface area contributed by atoms with Crippen LogP contribution in [0.2, 0.25) is 0 Å². The quantitative estimate of drug-likeness (QED) is 0.870. The SMILES string of the molecule is Brc1cnn(CCn2cc(CNC3CC3)nn2)c1. The molecular weight excluding hydrogens is 296 g/mol. The molecule has 0 aliphatic heterocycles. The second-order valence-electron chi connectivity index (χ2n) is 4.55. The number of hydrogen-bond donors (Lipinski definition) is 1. The predicted molar refractivity (Wildman–Crippen MR) is 69.8 cm³/mol. The Balaban J connectivity index is 1.49. The molecule has 2 heterocycles. The minimum atomic E-state index is 0.705. The zero-order valence-corrected chi connectivity index (χ0v) is 11.5. The Morgan fingerprint density at radius 2 is 2.11 bits per heavy atom. The Morgan fingerprint density at radius 1 is 1.28 bits per heavy atom. The van der Waals surface area contributed by atoms with Gasteiger partial charge in [-0.1, -0.05) is 5.21 Å². The first kappa shape index (κ1) is 11.9. The van der Waals surface area contributed by atoms with Crippen molar-refractivity contribution in [2.75, 3.05) is 0 Å². The minimum Gasteiger partial charge on any atom is -0.308 e. The van der Waals surface area contributed by atoms with E-state index in [9.17, 15) is 0 Å². The maximum atomic E-state index is 4.20. The maximum Gasteiger partial charge on any atom is 0.0964 e. The van der Waals surface area contributed by atoms with Gasteiger partial charge in [-0.05, 0) is 28.8 Å². The molecule has 96 valence electrons. The van der Waals surface area contributed by atoms with Crippen molar-refractivity contribution in [1.82, 2.24) is 30.1 Å². The van der Waals surface area contributed by atoms with E-state index in [-0.39, 0.29) is 0 Å². The van der Waals surface area contributed by atoms with Gasteiger partial charge in [-0.2, -0.15) is 5.10 Å². The molecule has 0 radical (unpaired) electrons. The van der Waals surface area contributed by atoms with E-state index in [1.807, 2.05) is 21.8 Å². The summed E-state index contributed by atoms with van der Waals surface area (Å²) in [5.74, 6) is 0. The third-order valence-corrected chi connectivity index (χ3v) is 3.30. The fourth-order valence-electron chi connectivity index (χ4n) is 1.73. The topological polar surface area (TPSA) is 60.6 Å². The highest BCUT2D eigenvalue weighted by atomic mass is 79.9. The summed E-state index contributed by atoms with van der Waals surface area (Å²) in [6.07, 6.45) is 8.32. The molecule has 6 nitrogen and oxygen atoms in total. The molecule has 1 aliphatic rings. The summed E-state index contributed by atoms with van der Waals surface area (Å²) in [5.41, 5.74) is 1.00. The lowest BCUT2D eigenvalue weighted by molar-refractivity contribution is 0.489. The number of aryl methyl sites for hydroxylation is 2. The van der Waals surface area contributed by atoms with Gasteiger partial charge in [0.15, 0.2) is 0 Å². The first-order valence-electron chi connectivity index (χ1n) is 6.10. The van der Waals surface area contributed by atoms with Crippen molar-refractivity contribution >= 4 is 15.9 Å². The highest BCUT2D eigenvalue weighted by Crippen LogP contribution is 2.18. The van der Waals surface area contributed by atoms with Crippen molar-refractivity contribution in [3.8, 4) is 0 Å². The smallest absolute Gasteiger partial charge is 0.0964 e. The van der Waals surface area contributed by atoms with E-state index in [2.05, 4.69) is 36.7 Å². The molecule has 0 aromatic carbocycles. The van der Waals surface area contributed by atoms with Crippen molar-refractivity contribution in [2.45, 2.75) is 38.5 Å². The van der Waals surface area contributed by atoms with Crippen LogP contribution in [0.3, 0.4) is 0 Å². The van der Waals surface area contributed by atoms with Crippen LogP contribution in [0, 0.1) is 0 Å². The Kier molecular flexibility index (Phi) is 3.42. The van der Waals surface area contributed by atoms with E-state index in [4.69, 9.17) is 0 Å². The van der Waals surface area contributed by atoms with E-state index in [1.165, 1.54) is 12.8 Å². The molecule has 2 aromatic heterocycles. The Hall–Kier alpha value is -1.21. The molecule has 18 heavy (non-hydrogen) atoms. The average molecular weight is 311 g/mol. The second kappa shape index (κ2) is 5.19. The van der Waals surface area contributed by atoms with Gasteiger partial charge in [-0.15, -0.1) is 5.10 Å². The molecule has 0 spiro atoms. The van der Waals surface area contributed by atoms with Crippen LogP contribution in [-0.4, -0.2) is 30.8 Å². The van der Waals surface area contributed by atoms with Gasteiger partial charge >= 0.3 is 0 Å². The van der Waals surface area contributed by atoms with Crippen LogP contribution in [0.4, 0.5) is 0 Å². The minimum absolute atomic E-state index is 0.705. The molecule has 3 rings (SSSR count). The molecule has 1 aliphatic carbocycles. The van der Waals surface area contributed by atoms with Gasteiger partial charge in [0.2, 0.25) is 0 Å². The fourth-order valence-corrected chi connectivity index (χ4v) is 2.06. The lowest BCUT2D eigenvalue weighted by Crippen LogP contribution is -2.15. The zero-order valence-electron chi connectivity index (χ0n) is 9.96. The molecule has 0 atom stereocenters. The van der Waals surface area contributed by atoms with Gasteiger partial charge in [-0.25, -0.2) is 0 Å². The molecule has 1 saturated carbocycles. The lowest BCUT2D eigenvalue weighted by Gasteiger charge is -2.00.